The fourth-order valence-corrected chi connectivity index (χ4v) is 2.79. The molecule has 3 heteroatoms. The van der Waals surface area contributed by atoms with Crippen LogP contribution in [-0.2, 0) is 4.74 Å². The van der Waals surface area contributed by atoms with Crippen LogP contribution in [0.25, 0.3) is 0 Å². The van der Waals surface area contributed by atoms with Crippen molar-refractivity contribution in [3.63, 3.8) is 0 Å². The normalized spacial score (nSPS) is 38.4. The van der Waals surface area contributed by atoms with E-state index in [1.54, 1.807) is 0 Å². The Balaban J connectivity index is 1.69. The summed E-state index contributed by atoms with van der Waals surface area (Å²) in [4.78, 5) is 2.57. The molecule has 0 aromatic heterocycles. The van der Waals surface area contributed by atoms with E-state index in [-0.39, 0.29) is 0 Å². The van der Waals surface area contributed by atoms with Crippen LogP contribution in [0.15, 0.2) is 0 Å². The van der Waals surface area contributed by atoms with Crippen molar-refractivity contribution in [1.29, 1.82) is 0 Å². The second kappa shape index (κ2) is 5.28. The van der Waals surface area contributed by atoms with Crippen LogP contribution in [0.2, 0.25) is 0 Å². The smallest absolute Gasteiger partial charge is 0.0678 e. The van der Waals surface area contributed by atoms with Crippen LogP contribution in [-0.4, -0.2) is 49.8 Å². The lowest BCUT2D eigenvalue weighted by Gasteiger charge is -2.35. The van der Waals surface area contributed by atoms with Gasteiger partial charge in [0.05, 0.1) is 12.2 Å². The summed E-state index contributed by atoms with van der Waals surface area (Å²) in [6, 6.07) is 0. The molecular weight excluding hydrogens is 188 g/mol. The van der Waals surface area contributed by atoms with E-state index in [1.807, 2.05) is 0 Å². The first-order chi connectivity index (χ1) is 7.24. The highest BCUT2D eigenvalue weighted by molar-refractivity contribution is 4.76. The Morgan fingerprint density at radius 3 is 2.60 bits per heavy atom. The fraction of sp³-hybridized carbons (Fsp3) is 1.00. The van der Waals surface area contributed by atoms with Gasteiger partial charge in [0.2, 0.25) is 0 Å². The summed E-state index contributed by atoms with van der Waals surface area (Å²) in [5, 5.41) is 3.43. The van der Waals surface area contributed by atoms with Crippen molar-refractivity contribution in [1.82, 2.24) is 10.2 Å². The number of rotatable bonds is 3. The van der Waals surface area contributed by atoms with Crippen molar-refractivity contribution < 1.29 is 4.74 Å². The van der Waals surface area contributed by atoms with Crippen LogP contribution in [0.3, 0.4) is 0 Å². The van der Waals surface area contributed by atoms with Crippen LogP contribution < -0.4 is 5.32 Å². The number of morpholine rings is 1. The summed E-state index contributed by atoms with van der Waals surface area (Å²) in [7, 11) is 0. The number of nitrogens with one attached hydrogen (secondary N) is 1. The second-order valence-electron chi connectivity index (χ2n) is 5.16. The molecule has 2 fully saturated rings. The predicted molar refractivity (Wildman–Crippen MR) is 62.0 cm³/mol. The first-order valence-electron chi connectivity index (χ1n) is 6.32. The Bertz CT molecular complexity index is 182. The van der Waals surface area contributed by atoms with E-state index in [2.05, 4.69) is 24.1 Å². The molecule has 2 saturated heterocycles. The molecule has 88 valence electrons. The zero-order valence-electron chi connectivity index (χ0n) is 10.0. The topological polar surface area (TPSA) is 24.5 Å². The van der Waals surface area contributed by atoms with Gasteiger partial charge in [-0.2, -0.15) is 0 Å². The molecule has 3 unspecified atom stereocenters. The molecule has 2 heterocycles. The van der Waals surface area contributed by atoms with Gasteiger partial charge in [0.1, 0.15) is 0 Å². The van der Waals surface area contributed by atoms with E-state index in [0.29, 0.717) is 12.2 Å². The van der Waals surface area contributed by atoms with E-state index in [4.69, 9.17) is 4.74 Å². The molecule has 3 atom stereocenters. The lowest BCUT2D eigenvalue weighted by molar-refractivity contribution is -0.0688. The second-order valence-corrected chi connectivity index (χ2v) is 5.16. The zero-order chi connectivity index (χ0) is 10.7. The fourth-order valence-electron chi connectivity index (χ4n) is 2.79. The van der Waals surface area contributed by atoms with Crippen LogP contribution in [0.5, 0.6) is 0 Å². The molecule has 0 spiro atoms. The maximum Gasteiger partial charge on any atom is 0.0678 e. The number of hydrogen-bond acceptors (Lipinski definition) is 3. The summed E-state index contributed by atoms with van der Waals surface area (Å²) < 4.78 is 5.73. The van der Waals surface area contributed by atoms with E-state index in [0.717, 1.165) is 19.0 Å². The molecule has 1 N–H and O–H groups in total. The van der Waals surface area contributed by atoms with Crippen molar-refractivity contribution in [3.05, 3.63) is 0 Å². The van der Waals surface area contributed by atoms with Crippen molar-refractivity contribution >= 4 is 0 Å². The molecule has 2 rings (SSSR count). The molecular formula is C12H24N2O. The Hall–Kier alpha value is -0.120. The van der Waals surface area contributed by atoms with Crippen LogP contribution in [0, 0.1) is 5.92 Å². The van der Waals surface area contributed by atoms with Crippen molar-refractivity contribution in [2.45, 2.75) is 38.9 Å². The third-order valence-corrected chi connectivity index (χ3v) is 3.51. The Labute approximate surface area is 93.2 Å². The summed E-state index contributed by atoms with van der Waals surface area (Å²) in [5.74, 6) is 0.915. The van der Waals surface area contributed by atoms with Gasteiger partial charge in [-0.25, -0.2) is 0 Å². The first kappa shape index (κ1) is 11.4. The minimum atomic E-state index is 0.412. The third-order valence-electron chi connectivity index (χ3n) is 3.51. The number of nitrogens with zero attached hydrogens (tertiary/aromatic N) is 1. The van der Waals surface area contributed by atoms with Crippen molar-refractivity contribution in [3.8, 4) is 0 Å². The quantitative estimate of drug-likeness (QED) is 0.758. The first-order valence-corrected chi connectivity index (χ1v) is 6.32. The molecule has 2 aliphatic rings. The van der Waals surface area contributed by atoms with Gasteiger partial charge in [-0.1, -0.05) is 0 Å². The van der Waals surface area contributed by atoms with Gasteiger partial charge in [-0.05, 0) is 52.2 Å². The molecule has 0 aromatic rings. The monoisotopic (exact) mass is 212 g/mol. The molecule has 3 nitrogen and oxygen atoms in total. The van der Waals surface area contributed by atoms with Gasteiger partial charge in [0, 0.05) is 13.1 Å². The number of ether oxygens (including phenoxy) is 1. The van der Waals surface area contributed by atoms with E-state index < -0.39 is 0 Å². The van der Waals surface area contributed by atoms with Gasteiger partial charge in [0.15, 0.2) is 0 Å². The summed E-state index contributed by atoms with van der Waals surface area (Å²) >= 11 is 0. The van der Waals surface area contributed by atoms with Gasteiger partial charge in [-0.3, -0.25) is 4.90 Å². The van der Waals surface area contributed by atoms with Gasteiger partial charge in [0.25, 0.3) is 0 Å². The molecule has 0 amide bonds. The lowest BCUT2D eigenvalue weighted by Crippen LogP contribution is -2.46. The molecule has 0 radical (unpaired) electrons. The Morgan fingerprint density at radius 1 is 1.27 bits per heavy atom. The molecule has 0 saturated carbocycles. The average Bonchev–Trinajstić information content (AvgIpc) is 2.65. The van der Waals surface area contributed by atoms with Crippen LogP contribution >= 0.6 is 0 Å². The number of hydrogen-bond donors (Lipinski definition) is 1. The third kappa shape index (κ3) is 3.44. The molecule has 2 aliphatic heterocycles. The van der Waals surface area contributed by atoms with Crippen molar-refractivity contribution in [2.75, 3.05) is 32.7 Å². The summed E-state index contributed by atoms with van der Waals surface area (Å²) in [6.07, 6.45) is 3.55. The predicted octanol–water partition coefficient (Wildman–Crippen LogP) is 1.10. The highest BCUT2D eigenvalue weighted by Crippen LogP contribution is 2.16. The van der Waals surface area contributed by atoms with E-state index in [1.165, 1.54) is 32.5 Å². The highest BCUT2D eigenvalue weighted by Gasteiger charge is 2.23. The van der Waals surface area contributed by atoms with Gasteiger partial charge >= 0.3 is 0 Å². The van der Waals surface area contributed by atoms with Crippen LogP contribution in [0.1, 0.15) is 26.7 Å². The zero-order valence-corrected chi connectivity index (χ0v) is 10.0. The molecule has 15 heavy (non-hydrogen) atoms. The molecule has 0 aliphatic carbocycles. The van der Waals surface area contributed by atoms with Crippen LogP contribution in [0.4, 0.5) is 0 Å². The van der Waals surface area contributed by atoms with Gasteiger partial charge < -0.3 is 10.1 Å². The minimum Gasteiger partial charge on any atom is -0.373 e. The highest BCUT2D eigenvalue weighted by atomic mass is 16.5. The maximum absolute atomic E-state index is 5.73. The SMILES string of the molecule is CC1CN(CCC2CCNC2)CC(C)O1. The standard InChI is InChI=1S/C12H24N2O/c1-10-8-14(9-11(2)15-10)6-4-12-3-5-13-7-12/h10-13H,3-9H2,1-2H3. The van der Waals surface area contributed by atoms with E-state index in [9.17, 15) is 0 Å². The van der Waals surface area contributed by atoms with Crippen molar-refractivity contribution in [2.24, 2.45) is 5.92 Å². The summed E-state index contributed by atoms with van der Waals surface area (Å²) in [5.41, 5.74) is 0. The Morgan fingerprint density at radius 2 is 2.00 bits per heavy atom. The van der Waals surface area contributed by atoms with E-state index >= 15 is 0 Å². The lowest BCUT2D eigenvalue weighted by atomic mass is 10.0. The molecule has 0 aromatic carbocycles. The summed E-state index contributed by atoms with van der Waals surface area (Å²) in [6.45, 7) is 10.3. The largest absolute Gasteiger partial charge is 0.373 e. The van der Waals surface area contributed by atoms with Gasteiger partial charge in [-0.15, -0.1) is 0 Å². The molecule has 0 bridgehead atoms. The Kier molecular flexibility index (Phi) is 4.00. The average molecular weight is 212 g/mol. The minimum absolute atomic E-state index is 0.412. The maximum atomic E-state index is 5.73.